The van der Waals surface area contributed by atoms with E-state index in [1.54, 1.807) is 26.0 Å². The number of ether oxygens (including phenoxy) is 2. The van der Waals surface area contributed by atoms with Gasteiger partial charge in [0.05, 0.1) is 13.2 Å². The van der Waals surface area contributed by atoms with Crippen molar-refractivity contribution in [2.24, 2.45) is 5.92 Å². The zero-order valence-corrected chi connectivity index (χ0v) is 19.6. The minimum absolute atomic E-state index is 0.0526. The van der Waals surface area contributed by atoms with Crippen molar-refractivity contribution in [2.75, 3.05) is 7.11 Å². The molecular formula is C24H32N4O5. The van der Waals surface area contributed by atoms with E-state index < -0.39 is 23.9 Å². The van der Waals surface area contributed by atoms with Crippen molar-refractivity contribution in [2.45, 2.75) is 46.4 Å². The highest BCUT2D eigenvalue weighted by molar-refractivity contribution is 5.97. The van der Waals surface area contributed by atoms with Crippen molar-refractivity contribution in [3.8, 4) is 11.5 Å². The van der Waals surface area contributed by atoms with Gasteiger partial charge in [-0.2, -0.15) is 0 Å². The van der Waals surface area contributed by atoms with Gasteiger partial charge in [-0.1, -0.05) is 44.2 Å². The zero-order valence-electron chi connectivity index (χ0n) is 19.6. The van der Waals surface area contributed by atoms with E-state index >= 15 is 0 Å². The summed E-state index contributed by atoms with van der Waals surface area (Å²) in [7, 11) is 1.48. The first-order valence-corrected chi connectivity index (χ1v) is 10.7. The highest BCUT2D eigenvalue weighted by Gasteiger charge is 2.25. The molecule has 178 valence electrons. The fourth-order valence-corrected chi connectivity index (χ4v) is 2.93. The Morgan fingerprint density at radius 2 is 1.61 bits per heavy atom. The summed E-state index contributed by atoms with van der Waals surface area (Å²) in [4.78, 5) is 37.4. The molecule has 9 heteroatoms. The Balaban J connectivity index is 1.93. The molecule has 0 bridgehead atoms. The molecule has 0 aliphatic heterocycles. The monoisotopic (exact) mass is 456 g/mol. The molecule has 0 saturated heterocycles. The summed E-state index contributed by atoms with van der Waals surface area (Å²) in [6.45, 7) is 7.69. The molecule has 2 rings (SSSR count). The standard InChI is InChI=1S/C24H32N4O5/c1-15(2)21(26-24(31)25-14-17-9-7-6-8-10-17)23(30)28-27-22(29)18-11-12-19(33-16(3)4)20(13-18)32-5/h6-13,15-16,21H,14H2,1-5H3,(H,27,29)(H,28,30)(H2,25,26,31)/t21-/m1/s1. The predicted molar refractivity (Wildman–Crippen MR) is 125 cm³/mol. The van der Waals surface area contributed by atoms with Gasteiger partial charge in [-0.05, 0) is 43.5 Å². The molecule has 0 aliphatic rings. The molecule has 0 radical (unpaired) electrons. The van der Waals surface area contributed by atoms with Crippen LogP contribution in [0.5, 0.6) is 11.5 Å². The van der Waals surface area contributed by atoms with Gasteiger partial charge in [-0.3, -0.25) is 20.4 Å². The number of methoxy groups -OCH3 is 1. The maximum absolute atomic E-state index is 12.6. The van der Waals surface area contributed by atoms with Gasteiger partial charge in [-0.15, -0.1) is 0 Å². The Hall–Kier alpha value is -3.75. The summed E-state index contributed by atoms with van der Waals surface area (Å²) in [6, 6.07) is 12.8. The third-order valence-corrected chi connectivity index (χ3v) is 4.62. The van der Waals surface area contributed by atoms with Gasteiger partial charge in [-0.25, -0.2) is 4.79 Å². The van der Waals surface area contributed by atoms with E-state index in [-0.39, 0.29) is 17.6 Å². The molecule has 0 saturated carbocycles. The first-order chi connectivity index (χ1) is 15.7. The van der Waals surface area contributed by atoms with Gasteiger partial charge in [0.2, 0.25) is 0 Å². The molecule has 0 heterocycles. The fourth-order valence-electron chi connectivity index (χ4n) is 2.93. The predicted octanol–water partition coefficient (Wildman–Crippen LogP) is 2.77. The van der Waals surface area contributed by atoms with Crippen molar-refractivity contribution < 1.29 is 23.9 Å². The van der Waals surface area contributed by atoms with Crippen LogP contribution in [-0.4, -0.2) is 37.1 Å². The molecule has 0 aliphatic carbocycles. The smallest absolute Gasteiger partial charge is 0.315 e. The molecule has 0 unspecified atom stereocenters. The number of amides is 4. The minimum atomic E-state index is -0.850. The second kappa shape index (κ2) is 12.3. The van der Waals surface area contributed by atoms with Crippen LogP contribution in [0, 0.1) is 5.92 Å². The van der Waals surface area contributed by atoms with Gasteiger partial charge in [0.15, 0.2) is 11.5 Å². The third kappa shape index (κ3) is 8.03. The Kier molecular flexibility index (Phi) is 9.53. The van der Waals surface area contributed by atoms with E-state index in [9.17, 15) is 14.4 Å². The molecule has 2 aromatic carbocycles. The summed E-state index contributed by atoms with van der Waals surface area (Å²) in [5.74, 6) is -0.371. The molecular weight excluding hydrogens is 424 g/mol. The summed E-state index contributed by atoms with van der Waals surface area (Å²) in [6.07, 6.45) is -0.0526. The number of carbonyl (C=O) groups excluding carboxylic acids is 3. The molecule has 4 N–H and O–H groups in total. The number of urea groups is 1. The Bertz CT molecular complexity index is 947. The van der Waals surface area contributed by atoms with E-state index in [1.807, 2.05) is 44.2 Å². The zero-order chi connectivity index (χ0) is 24.4. The van der Waals surface area contributed by atoms with Gasteiger partial charge >= 0.3 is 6.03 Å². The lowest BCUT2D eigenvalue weighted by Crippen LogP contribution is -2.55. The van der Waals surface area contributed by atoms with Crippen LogP contribution in [0.15, 0.2) is 48.5 Å². The molecule has 2 aromatic rings. The van der Waals surface area contributed by atoms with Crippen LogP contribution in [0.4, 0.5) is 4.79 Å². The van der Waals surface area contributed by atoms with E-state index in [2.05, 4.69) is 21.5 Å². The van der Waals surface area contributed by atoms with Crippen molar-refractivity contribution in [1.82, 2.24) is 21.5 Å². The van der Waals surface area contributed by atoms with E-state index in [1.165, 1.54) is 13.2 Å². The summed E-state index contributed by atoms with van der Waals surface area (Å²) in [5.41, 5.74) is 5.95. The van der Waals surface area contributed by atoms with Crippen LogP contribution in [0.2, 0.25) is 0 Å². The molecule has 0 aromatic heterocycles. The van der Waals surface area contributed by atoms with Crippen LogP contribution < -0.4 is 31.0 Å². The number of hydrogen-bond donors (Lipinski definition) is 4. The highest BCUT2D eigenvalue weighted by Crippen LogP contribution is 2.28. The average molecular weight is 457 g/mol. The van der Waals surface area contributed by atoms with Gasteiger partial charge in [0.1, 0.15) is 6.04 Å². The molecule has 4 amide bonds. The van der Waals surface area contributed by atoms with Crippen LogP contribution >= 0.6 is 0 Å². The maximum atomic E-state index is 12.6. The first kappa shape index (κ1) is 25.5. The van der Waals surface area contributed by atoms with E-state index in [0.29, 0.717) is 18.0 Å². The van der Waals surface area contributed by atoms with E-state index in [0.717, 1.165) is 5.56 Å². The molecule has 33 heavy (non-hydrogen) atoms. The van der Waals surface area contributed by atoms with Crippen LogP contribution in [0.25, 0.3) is 0 Å². The topological polar surface area (TPSA) is 118 Å². The number of hydrogen-bond acceptors (Lipinski definition) is 5. The number of carbonyl (C=O) groups is 3. The molecule has 0 spiro atoms. The van der Waals surface area contributed by atoms with Crippen LogP contribution in [0.3, 0.4) is 0 Å². The van der Waals surface area contributed by atoms with Gasteiger partial charge < -0.3 is 20.1 Å². The molecule has 1 atom stereocenters. The summed E-state index contributed by atoms with van der Waals surface area (Å²) >= 11 is 0. The summed E-state index contributed by atoms with van der Waals surface area (Å²) < 4.78 is 10.9. The lowest BCUT2D eigenvalue weighted by atomic mass is 10.0. The summed E-state index contributed by atoms with van der Waals surface area (Å²) in [5, 5.41) is 5.36. The van der Waals surface area contributed by atoms with Crippen molar-refractivity contribution >= 4 is 17.8 Å². The lowest BCUT2D eigenvalue weighted by Gasteiger charge is -2.22. The number of nitrogens with one attached hydrogen (secondary N) is 4. The van der Waals surface area contributed by atoms with Crippen molar-refractivity contribution in [3.63, 3.8) is 0 Å². The number of rotatable bonds is 9. The number of hydrazine groups is 1. The van der Waals surface area contributed by atoms with Gasteiger partial charge in [0.25, 0.3) is 11.8 Å². The lowest BCUT2D eigenvalue weighted by molar-refractivity contribution is -0.124. The SMILES string of the molecule is COc1cc(C(=O)NNC(=O)[C@H](NC(=O)NCc2ccccc2)C(C)C)ccc1OC(C)C. The van der Waals surface area contributed by atoms with E-state index in [4.69, 9.17) is 9.47 Å². The van der Waals surface area contributed by atoms with Crippen LogP contribution in [-0.2, 0) is 11.3 Å². The fraction of sp³-hybridized carbons (Fsp3) is 0.375. The Labute approximate surface area is 194 Å². The minimum Gasteiger partial charge on any atom is -0.493 e. The third-order valence-electron chi connectivity index (χ3n) is 4.62. The van der Waals surface area contributed by atoms with Crippen molar-refractivity contribution in [1.29, 1.82) is 0 Å². The second-order valence-corrected chi connectivity index (χ2v) is 8.01. The maximum Gasteiger partial charge on any atom is 0.315 e. The molecule has 9 nitrogen and oxygen atoms in total. The molecule has 0 fully saturated rings. The highest BCUT2D eigenvalue weighted by atomic mass is 16.5. The first-order valence-electron chi connectivity index (χ1n) is 10.7. The average Bonchev–Trinajstić information content (AvgIpc) is 2.79. The van der Waals surface area contributed by atoms with Crippen molar-refractivity contribution in [3.05, 3.63) is 59.7 Å². The second-order valence-electron chi connectivity index (χ2n) is 8.01. The van der Waals surface area contributed by atoms with Crippen LogP contribution in [0.1, 0.15) is 43.6 Å². The number of benzene rings is 2. The Morgan fingerprint density at radius 1 is 0.909 bits per heavy atom. The normalized spacial score (nSPS) is 11.5. The Morgan fingerprint density at radius 3 is 2.21 bits per heavy atom. The van der Waals surface area contributed by atoms with Gasteiger partial charge in [0, 0.05) is 12.1 Å². The largest absolute Gasteiger partial charge is 0.493 e. The quantitative estimate of drug-likeness (QED) is 0.433.